The molecule has 0 aromatic rings. The van der Waals surface area contributed by atoms with E-state index >= 15 is 0 Å². The second kappa shape index (κ2) is 5.96. The maximum absolute atomic E-state index is 10.4. The first kappa shape index (κ1) is 14.8. The van der Waals surface area contributed by atoms with Gasteiger partial charge in [0.1, 0.15) is 0 Å². The van der Waals surface area contributed by atoms with Crippen LogP contribution < -0.4 is 0 Å². The van der Waals surface area contributed by atoms with Gasteiger partial charge in [0, 0.05) is 12.6 Å². The normalized spacial score (nSPS) is 39.5. The highest BCUT2D eigenvalue weighted by Gasteiger charge is 2.38. The van der Waals surface area contributed by atoms with Crippen LogP contribution in [0, 0.1) is 17.3 Å². The first-order valence-corrected chi connectivity index (χ1v) is 8.97. The molecule has 0 amide bonds. The Morgan fingerprint density at radius 3 is 2.55 bits per heavy atom. The molecule has 3 aliphatic rings. The summed E-state index contributed by atoms with van der Waals surface area (Å²) >= 11 is 0. The number of likely N-dealkylation sites (tertiary alicyclic amines) is 1. The molecule has 2 aliphatic carbocycles. The van der Waals surface area contributed by atoms with E-state index in [0.29, 0.717) is 11.3 Å². The van der Waals surface area contributed by atoms with E-state index in [1.54, 1.807) is 0 Å². The van der Waals surface area contributed by atoms with Gasteiger partial charge in [0.25, 0.3) is 0 Å². The standard InChI is InChI=1S/C18H33NO/c1-18(2)10-9-17(20)15(12-18)13-19-11-5-8-16(19)14-6-3-4-7-14/h14-17,20H,3-13H2,1-2H3. The lowest BCUT2D eigenvalue weighted by atomic mass is 9.70. The molecule has 2 heteroatoms. The Morgan fingerprint density at radius 1 is 1.05 bits per heavy atom. The van der Waals surface area contributed by atoms with Gasteiger partial charge in [-0.2, -0.15) is 0 Å². The van der Waals surface area contributed by atoms with Crippen LogP contribution in [-0.4, -0.2) is 35.2 Å². The van der Waals surface area contributed by atoms with Gasteiger partial charge >= 0.3 is 0 Å². The minimum atomic E-state index is -0.0483. The number of hydrogen-bond donors (Lipinski definition) is 1. The minimum absolute atomic E-state index is 0.0483. The Bertz CT molecular complexity index is 321. The summed E-state index contributed by atoms with van der Waals surface area (Å²) in [5.74, 6) is 1.48. The van der Waals surface area contributed by atoms with Crippen LogP contribution in [0.25, 0.3) is 0 Å². The van der Waals surface area contributed by atoms with Gasteiger partial charge in [-0.25, -0.2) is 0 Å². The summed E-state index contributed by atoms with van der Waals surface area (Å²) in [6.45, 7) is 7.20. The number of hydrogen-bond acceptors (Lipinski definition) is 2. The Hall–Kier alpha value is -0.0800. The van der Waals surface area contributed by atoms with Crippen molar-refractivity contribution in [1.82, 2.24) is 4.90 Å². The predicted octanol–water partition coefficient (Wildman–Crippen LogP) is 3.83. The number of nitrogens with zero attached hydrogens (tertiary/aromatic N) is 1. The average Bonchev–Trinajstić information content (AvgIpc) is 3.03. The summed E-state index contributed by atoms with van der Waals surface area (Å²) in [4.78, 5) is 2.76. The maximum Gasteiger partial charge on any atom is 0.0581 e. The molecular weight excluding hydrogens is 246 g/mol. The van der Waals surface area contributed by atoms with E-state index in [4.69, 9.17) is 0 Å². The minimum Gasteiger partial charge on any atom is -0.393 e. The molecule has 1 aliphatic heterocycles. The van der Waals surface area contributed by atoms with Crippen molar-refractivity contribution < 1.29 is 5.11 Å². The van der Waals surface area contributed by atoms with Gasteiger partial charge in [-0.1, -0.05) is 26.7 Å². The third-order valence-corrected chi connectivity index (χ3v) is 6.30. The summed E-state index contributed by atoms with van der Waals surface area (Å²) in [6, 6.07) is 0.842. The Labute approximate surface area is 124 Å². The fraction of sp³-hybridized carbons (Fsp3) is 1.00. The highest BCUT2D eigenvalue weighted by atomic mass is 16.3. The molecular formula is C18H33NO. The van der Waals surface area contributed by atoms with Crippen molar-refractivity contribution in [3.63, 3.8) is 0 Å². The van der Waals surface area contributed by atoms with E-state index in [-0.39, 0.29) is 6.10 Å². The monoisotopic (exact) mass is 279 g/mol. The smallest absolute Gasteiger partial charge is 0.0581 e. The molecule has 3 fully saturated rings. The summed E-state index contributed by atoms with van der Waals surface area (Å²) < 4.78 is 0. The summed E-state index contributed by atoms with van der Waals surface area (Å²) in [6.07, 6.45) is 12.0. The lowest BCUT2D eigenvalue weighted by Gasteiger charge is -2.41. The van der Waals surface area contributed by atoms with Crippen molar-refractivity contribution in [1.29, 1.82) is 0 Å². The van der Waals surface area contributed by atoms with Gasteiger partial charge in [-0.15, -0.1) is 0 Å². The Balaban J connectivity index is 1.60. The van der Waals surface area contributed by atoms with Crippen LogP contribution in [0.4, 0.5) is 0 Å². The zero-order valence-corrected chi connectivity index (χ0v) is 13.5. The predicted molar refractivity (Wildman–Crippen MR) is 83.7 cm³/mol. The molecule has 116 valence electrons. The third kappa shape index (κ3) is 3.22. The fourth-order valence-corrected chi connectivity index (χ4v) is 5.16. The molecule has 0 aromatic carbocycles. The van der Waals surface area contributed by atoms with E-state index in [1.165, 1.54) is 57.9 Å². The quantitative estimate of drug-likeness (QED) is 0.849. The molecule has 20 heavy (non-hydrogen) atoms. The van der Waals surface area contributed by atoms with Crippen LogP contribution in [0.2, 0.25) is 0 Å². The first-order chi connectivity index (χ1) is 9.55. The second-order valence-corrected chi connectivity index (χ2v) is 8.48. The van der Waals surface area contributed by atoms with Crippen LogP contribution in [0.5, 0.6) is 0 Å². The van der Waals surface area contributed by atoms with Crippen molar-refractivity contribution in [2.45, 2.75) is 83.8 Å². The fourth-order valence-electron chi connectivity index (χ4n) is 5.16. The van der Waals surface area contributed by atoms with Gasteiger partial charge in [-0.3, -0.25) is 4.90 Å². The highest BCUT2D eigenvalue weighted by molar-refractivity contribution is 4.92. The van der Waals surface area contributed by atoms with Gasteiger partial charge in [0.2, 0.25) is 0 Å². The Morgan fingerprint density at radius 2 is 1.80 bits per heavy atom. The van der Waals surface area contributed by atoms with Crippen LogP contribution in [0.3, 0.4) is 0 Å². The Kier molecular flexibility index (Phi) is 4.42. The van der Waals surface area contributed by atoms with Crippen LogP contribution in [0.15, 0.2) is 0 Å². The average molecular weight is 279 g/mol. The number of aliphatic hydroxyl groups excluding tert-OH is 1. The summed E-state index contributed by atoms with van der Waals surface area (Å²) in [5, 5.41) is 10.4. The molecule has 0 radical (unpaired) electrons. The van der Waals surface area contributed by atoms with Gasteiger partial charge in [0.05, 0.1) is 6.10 Å². The van der Waals surface area contributed by atoms with Crippen LogP contribution in [0.1, 0.15) is 71.6 Å². The van der Waals surface area contributed by atoms with Crippen molar-refractivity contribution in [3.05, 3.63) is 0 Å². The van der Waals surface area contributed by atoms with Crippen molar-refractivity contribution in [3.8, 4) is 0 Å². The molecule has 1 saturated heterocycles. The molecule has 0 bridgehead atoms. The molecule has 1 N–H and O–H groups in total. The summed E-state index contributed by atoms with van der Waals surface area (Å²) in [5.41, 5.74) is 0.437. The third-order valence-electron chi connectivity index (χ3n) is 6.30. The second-order valence-electron chi connectivity index (χ2n) is 8.48. The molecule has 2 nitrogen and oxygen atoms in total. The molecule has 0 spiro atoms. The largest absolute Gasteiger partial charge is 0.393 e. The SMILES string of the molecule is CC1(C)CCC(O)C(CN2CCCC2C2CCCC2)C1. The zero-order valence-electron chi connectivity index (χ0n) is 13.5. The van der Waals surface area contributed by atoms with E-state index in [1.807, 2.05) is 0 Å². The molecule has 3 unspecified atom stereocenters. The summed E-state index contributed by atoms with van der Waals surface area (Å²) in [7, 11) is 0. The van der Waals surface area contributed by atoms with Crippen molar-refractivity contribution >= 4 is 0 Å². The van der Waals surface area contributed by atoms with Crippen LogP contribution in [-0.2, 0) is 0 Å². The molecule has 0 aromatic heterocycles. The van der Waals surface area contributed by atoms with Crippen molar-refractivity contribution in [2.75, 3.05) is 13.1 Å². The topological polar surface area (TPSA) is 23.5 Å². The van der Waals surface area contributed by atoms with Crippen LogP contribution >= 0.6 is 0 Å². The lowest BCUT2D eigenvalue weighted by molar-refractivity contribution is -0.00119. The zero-order chi connectivity index (χ0) is 14.2. The lowest BCUT2D eigenvalue weighted by Crippen LogP contribution is -2.44. The molecule has 1 heterocycles. The van der Waals surface area contributed by atoms with E-state index in [0.717, 1.165) is 24.9 Å². The van der Waals surface area contributed by atoms with E-state index < -0.39 is 0 Å². The number of aliphatic hydroxyl groups is 1. The first-order valence-electron chi connectivity index (χ1n) is 8.97. The van der Waals surface area contributed by atoms with Gasteiger partial charge in [-0.05, 0) is 68.7 Å². The molecule has 3 atom stereocenters. The van der Waals surface area contributed by atoms with Gasteiger partial charge < -0.3 is 5.11 Å². The molecule has 3 rings (SSSR count). The number of rotatable bonds is 3. The van der Waals surface area contributed by atoms with E-state index in [2.05, 4.69) is 18.7 Å². The van der Waals surface area contributed by atoms with Gasteiger partial charge in [0.15, 0.2) is 0 Å². The van der Waals surface area contributed by atoms with Crippen molar-refractivity contribution in [2.24, 2.45) is 17.3 Å². The highest BCUT2D eigenvalue weighted by Crippen LogP contribution is 2.41. The maximum atomic E-state index is 10.4. The molecule has 2 saturated carbocycles. The van der Waals surface area contributed by atoms with E-state index in [9.17, 15) is 5.11 Å².